The Bertz CT molecular complexity index is 1060. The number of rotatable bonds is 7. The number of aliphatic hydroxyl groups excluding tert-OH is 1. The Kier molecular flexibility index (Phi) is 6.01. The number of hydrogen-bond acceptors (Lipinski definition) is 7. The van der Waals surface area contributed by atoms with E-state index in [-0.39, 0.29) is 23.6 Å². The fourth-order valence-electron chi connectivity index (χ4n) is 2.65. The van der Waals surface area contributed by atoms with Crippen molar-refractivity contribution in [2.24, 2.45) is 0 Å². The molecule has 2 heterocycles. The third-order valence-electron chi connectivity index (χ3n) is 4.21. The molecular formula is C18H17F3N4O3S. The molecule has 1 aromatic carbocycles. The second-order valence-electron chi connectivity index (χ2n) is 6.13. The lowest BCUT2D eigenvalue weighted by Gasteiger charge is -2.20. The molecule has 3 aromatic rings. The van der Waals surface area contributed by atoms with Gasteiger partial charge in [-0.05, 0) is 17.7 Å². The van der Waals surface area contributed by atoms with Crippen molar-refractivity contribution in [1.82, 2.24) is 20.3 Å². The van der Waals surface area contributed by atoms with E-state index in [1.807, 2.05) is 0 Å². The predicted molar refractivity (Wildman–Crippen MR) is 100 cm³/mol. The van der Waals surface area contributed by atoms with Crippen LogP contribution in [0.25, 0.3) is 10.8 Å². The number of H-pyrrole nitrogens is 1. The van der Waals surface area contributed by atoms with Crippen molar-refractivity contribution < 1.29 is 23.4 Å². The Hall–Kier alpha value is -2.76. The van der Waals surface area contributed by atoms with Crippen molar-refractivity contribution in [3.63, 3.8) is 0 Å². The minimum Gasteiger partial charge on any atom is -0.502 e. The fourth-order valence-corrected chi connectivity index (χ4v) is 3.23. The van der Waals surface area contributed by atoms with Crippen LogP contribution in [0.5, 0.6) is 5.75 Å². The lowest BCUT2D eigenvalue weighted by atomic mass is 9.99. The SMILES string of the molecule is CCC(F)(F)c1cc(F)ccc1CNC(O)c1nc(-c2nccs2)[nH]c(=O)c1O. The van der Waals surface area contributed by atoms with E-state index in [0.717, 1.165) is 12.1 Å². The molecule has 0 saturated carbocycles. The minimum atomic E-state index is -3.26. The molecule has 0 fully saturated rings. The summed E-state index contributed by atoms with van der Waals surface area (Å²) in [7, 11) is 0. The van der Waals surface area contributed by atoms with Crippen molar-refractivity contribution >= 4 is 11.3 Å². The molecule has 2 aromatic heterocycles. The molecule has 0 radical (unpaired) electrons. The van der Waals surface area contributed by atoms with E-state index in [1.165, 1.54) is 30.5 Å². The van der Waals surface area contributed by atoms with Crippen molar-refractivity contribution in [3.8, 4) is 16.6 Å². The predicted octanol–water partition coefficient (Wildman–Crippen LogP) is 3.02. The zero-order valence-corrected chi connectivity index (χ0v) is 15.9. The number of halogens is 3. The fraction of sp³-hybridized carbons (Fsp3) is 0.278. The molecular weight excluding hydrogens is 409 g/mol. The van der Waals surface area contributed by atoms with Crippen molar-refractivity contribution in [2.45, 2.75) is 32.0 Å². The van der Waals surface area contributed by atoms with Gasteiger partial charge in [0.05, 0.1) is 0 Å². The summed E-state index contributed by atoms with van der Waals surface area (Å²) in [5.41, 5.74) is -1.72. The highest BCUT2D eigenvalue weighted by molar-refractivity contribution is 7.12. The topological polar surface area (TPSA) is 111 Å². The Morgan fingerprint density at radius 2 is 2.14 bits per heavy atom. The van der Waals surface area contributed by atoms with Crippen molar-refractivity contribution in [1.29, 1.82) is 0 Å². The van der Waals surface area contributed by atoms with Gasteiger partial charge in [-0.3, -0.25) is 10.1 Å². The van der Waals surface area contributed by atoms with Gasteiger partial charge < -0.3 is 15.2 Å². The summed E-state index contributed by atoms with van der Waals surface area (Å²) in [4.78, 5) is 22.3. The van der Waals surface area contributed by atoms with E-state index in [9.17, 15) is 28.2 Å². The Morgan fingerprint density at radius 1 is 1.38 bits per heavy atom. The van der Waals surface area contributed by atoms with Gasteiger partial charge in [0.15, 0.2) is 17.1 Å². The maximum atomic E-state index is 14.1. The number of aromatic nitrogens is 3. The van der Waals surface area contributed by atoms with Gasteiger partial charge in [-0.1, -0.05) is 13.0 Å². The first-order chi connectivity index (χ1) is 13.7. The molecule has 1 atom stereocenters. The number of alkyl halides is 2. The normalized spacial score (nSPS) is 12.9. The molecule has 1 unspecified atom stereocenters. The number of thiazole rings is 1. The minimum absolute atomic E-state index is 0.0404. The molecule has 0 aliphatic carbocycles. The van der Waals surface area contributed by atoms with E-state index >= 15 is 0 Å². The number of aromatic hydroxyl groups is 1. The van der Waals surface area contributed by atoms with E-state index in [4.69, 9.17) is 0 Å². The highest BCUT2D eigenvalue weighted by atomic mass is 32.1. The summed E-state index contributed by atoms with van der Waals surface area (Å²) < 4.78 is 41.7. The lowest BCUT2D eigenvalue weighted by molar-refractivity contribution is -0.00980. The summed E-state index contributed by atoms with van der Waals surface area (Å²) in [6.07, 6.45) is -0.686. The van der Waals surface area contributed by atoms with Crippen LogP contribution in [0, 0.1) is 5.82 Å². The lowest BCUT2D eigenvalue weighted by Crippen LogP contribution is -2.26. The Morgan fingerprint density at radius 3 is 2.79 bits per heavy atom. The molecule has 0 aliphatic heterocycles. The van der Waals surface area contributed by atoms with Crippen molar-refractivity contribution in [2.75, 3.05) is 0 Å². The largest absolute Gasteiger partial charge is 0.502 e. The van der Waals surface area contributed by atoms with Crippen LogP contribution in [-0.2, 0) is 12.5 Å². The number of hydrogen-bond donors (Lipinski definition) is 4. The quantitative estimate of drug-likeness (QED) is 0.432. The van der Waals surface area contributed by atoms with Gasteiger partial charge >= 0.3 is 0 Å². The van der Waals surface area contributed by atoms with Crippen LogP contribution >= 0.6 is 11.3 Å². The van der Waals surface area contributed by atoms with Gasteiger partial charge in [-0.15, -0.1) is 11.3 Å². The van der Waals surface area contributed by atoms with Crippen LogP contribution in [0.3, 0.4) is 0 Å². The standard InChI is InChI=1S/C18H17F3N4O3S/c1-2-18(20,21)11-7-10(19)4-3-9(11)8-23-15(27)12-13(26)16(28)25-14(24-12)17-22-5-6-29-17/h3-7,15,23,26-27H,2,8H2,1H3,(H,24,25,28). The number of aliphatic hydroxyl groups is 1. The first kappa shape index (κ1) is 21.0. The number of nitrogens with one attached hydrogen (secondary N) is 2. The van der Waals surface area contributed by atoms with Gasteiger partial charge in [0.2, 0.25) is 5.75 Å². The smallest absolute Gasteiger partial charge is 0.293 e. The van der Waals surface area contributed by atoms with Gasteiger partial charge in [-0.2, -0.15) is 0 Å². The van der Waals surface area contributed by atoms with Crippen LogP contribution in [0.15, 0.2) is 34.6 Å². The van der Waals surface area contributed by atoms with Gasteiger partial charge in [0.1, 0.15) is 11.5 Å². The molecule has 3 rings (SSSR count). The third-order valence-corrected chi connectivity index (χ3v) is 4.99. The number of benzene rings is 1. The Balaban J connectivity index is 1.87. The van der Waals surface area contributed by atoms with E-state index < -0.39 is 41.3 Å². The first-order valence-corrected chi connectivity index (χ1v) is 9.42. The van der Waals surface area contributed by atoms with E-state index in [0.29, 0.717) is 5.01 Å². The van der Waals surface area contributed by atoms with Crippen LogP contribution < -0.4 is 10.9 Å². The first-order valence-electron chi connectivity index (χ1n) is 8.54. The molecule has 0 saturated heterocycles. The Labute approximate surface area is 166 Å². The van der Waals surface area contributed by atoms with Crippen LogP contribution in [0.2, 0.25) is 0 Å². The van der Waals surface area contributed by atoms with E-state index in [2.05, 4.69) is 20.3 Å². The van der Waals surface area contributed by atoms with Gasteiger partial charge in [0, 0.05) is 30.1 Å². The third kappa shape index (κ3) is 4.47. The summed E-state index contributed by atoms with van der Waals surface area (Å²) >= 11 is 1.18. The number of nitrogens with zero attached hydrogens (tertiary/aromatic N) is 2. The molecule has 0 bridgehead atoms. The average Bonchev–Trinajstić information content (AvgIpc) is 3.23. The van der Waals surface area contributed by atoms with Crippen LogP contribution in [0.4, 0.5) is 13.2 Å². The molecule has 0 spiro atoms. The maximum absolute atomic E-state index is 14.1. The van der Waals surface area contributed by atoms with E-state index in [1.54, 1.807) is 5.38 Å². The summed E-state index contributed by atoms with van der Waals surface area (Å²) in [5.74, 6) is -4.84. The second kappa shape index (κ2) is 8.31. The monoisotopic (exact) mass is 426 g/mol. The summed E-state index contributed by atoms with van der Waals surface area (Å²) in [5, 5.41) is 24.8. The average molecular weight is 426 g/mol. The number of aromatic amines is 1. The molecule has 0 aliphatic rings. The molecule has 0 amide bonds. The highest BCUT2D eigenvalue weighted by Crippen LogP contribution is 2.34. The zero-order chi connectivity index (χ0) is 21.2. The molecule has 4 N–H and O–H groups in total. The van der Waals surface area contributed by atoms with Crippen molar-refractivity contribution in [3.05, 3.63) is 62.8 Å². The molecule has 29 heavy (non-hydrogen) atoms. The molecule has 11 heteroatoms. The maximum Gasteiger partial charge on any atom is 0.293 e. The summed E-state index contributed by atoms with van der Waals surface area (Å²) in [6, 6.07) is 2.96. The molecule has 154 valence electrons. The summed E-state index contributed by atoms with van der Waals surface area (Å²) in [6.45, 7) is 0.988. The van der Waals surface area contributed by atoms with Gasteiger partial charge in [0.25, 0.3) is 11.5 Å². The zero-order valence-electron chi connectivity index (χ0n) is 15.1. The van der Waals surface area contributed by atoms with Crippen LogP contribution in [0.1, 0.15) is 36.4 Å². The highest BCUT2D eigenvalue weighted by Gasteiger charge is 2.32. The second-order valence-corrected chi connectivity index (χ2v) is 7.02. The molecule has 7 nitrogen and oxygen atoms in total. The van der Waals surface area contributed by atoms with Crippen LogP contribution in [-0.4, -0.2) is 25.2 Å². The van der Waals surface area contributed by atoms with Gasteiger partial charge in [-0.25, -0.2) is 23.1 Å².